The summed E-state index contributed by atoms with van der Waals surface area (Å²) in [5, 5.41) is 0. The molecule has 1 saturated carbocycles. The van der Waals surface area contributed by atoms with Crippen molar-refractivity contribution in [2.45, 2.75) is 70.2 Å². The fourth-order valence-corrected chi connectivity index (χ4v) is 4.66. The number of fused-ring (bicyclic) bond motifs is 2. The molecule has 0 aromatic rings. The Morgan fingerprint density at radius 1 is 1.25 bits per heavy atom. The van der Waals surface area contributed by atoms with Gasteiger partial charge in [-0.3, -0.25) is 4.79 Å². The predicted molar refractivity (Wildman–Crippen MR) is 71.9 cm³/mol. The minimum atomic E-state index is -0.678. The molecule has 0 unspecified atom stereocenters. The number of hydrogen-bond acceptors (Lipinski definition) is 4. The first-order valence-electron chi connectivity index (χ1n) is 7.67. The maximum absolute atomic E-state index is 12.7. The van der Waals surface area contributed by atoms with Gasteiger partial charge >= 0.3 is 0 Å². The number of ether oxygens (including phenoxy) is 3. The minimum Gasteiger partial charge on any atom is -0.341 e. The SMILES string of the molecule is CC1=CC[C@@H]2[C@H]3OC(C)(C)O[C@H]3O[C@]23C(=O)CCC[C@H]13. The second-order valence-corrected chi connectivity index (χ2v) is 7.04. The van der Waals surface area contributed by atoms with E-state index in [0.717, 1.165) is 19.3 Å². The molecule has 20 heavy (non-hydrogen) atoms. The van der Waals surface area contributed by atoms with Crippen molar-refractivity contribution < 1.29 is 19.0 Å². The van der Waals surface area contributed by atoms with Crippen molar-refractivity contribution in [1.29, 1.82) is 0 Å². The zero-order chi connectivity index (χ0) is 14.1. The van der Waals surface area contributed by atoms with Gasteiger partial charge in [-0.05, 0) is 40.0 Å². The molecular formula is C16H22O4. The van der Waals surface area contributed by atoms with Gasteiger partial charge in [0.25, 0.3) is 0 Å². The van der Waals surface area contributed by atoms with Crippen molar-refractivity contribution >= 4 is 5.78 Å². The van der Waals surface area contributed by atoms with E-state index in [1.54, 1.807) is 0 Å². The van der Waals surface area contributed by atoms with Crippen LogP contribution >= 0.6 is 0 Å². The van der Waals surface area contributed by atoms with Crippen LogP contribution in [-0.4, -0.2) is 29.6 Å². The zero-order valence-corrected chi connectivity index (χ0v) is 12.3. The van der Waals surface area contributed by atoms with E-state index in [1.165, 1.54) is 5.57 Å². The highest BCUT2D eigenvalue weighted by molar-refractivity contribution is 5.90. The molecule has 2 heterocycles. The summed E-state index contributed by atoms with van der Waals surface area (Å²) in [6.45, 7) is 5.95. The molecule has 2 aliphatic carbocycles. The van der Waals surface area contributed by atoms with E-state index in [1.807, 2.05) is 13.8 Å². The van der Waals surface area contributed by atoms with Gasteiger partial charge in [-0.25, -0.2) is 0 Å². The van der Waals surface area contributed by atoms with Crippen LogP contribution in [0.3, 0.4) is 0 Å². The highest BCUT2D eigenvalue weighted by Crippen LogP contribution is 2.57. The van der Waals surface area contributed by atoms with Gasteiger partial charge in [-0.15, -0.1) is 0 Å². The van der Waals surface area contributed by atoms with Crippen molar-refractivity contribution in [3.8, 4) is 0 Å². The minimum absolute atomic E-state index is 0.107. The molecule has 2 saturated heterocycles. The van der Waals surface area contributed by atoms with E-state index in [-0.39, 0.29) is 30.0 Å². The maximum Gasteiger partial charge on any atom is 0.188 e. The van der Waals surface area contributed by atoms with E-state index < -0.39 is 11.4 Å². The molecule has 1 spiro atoms. The topological polar surface area (TPSA) is 44.8 Å². The molecule has 5 atom stereocenters. The summed E-state index contributed by atoms with van der Waals surface area (Å²) in [5.41, 5.74) is 0.622. The van der Waals surface area contributed by atoms with Gasteiger partial charge in [0.1, 0.15) is 11.7 Å². The second-order valence-electron chi connectivity index (χ2n) is 7.04. The third-order valence-electron chi connectivity index (χ3n) is 5.44. The third-order valence-corrected chi connectivity index (χ3v) is 5.44. The molecule has 4 aliphatic rings. The van der Waals surface area contributed by atoms with Crippen LogP contribution in [0.1, 0.15) is 46.5 Å². The number of carbonyl (C=O) groups excluding carboxylic acids is 1. The fraction of sp³-hybridized carbons (Fsp3) is 0.812. The summed E-state index contributed by atoms with van der Waals surface area (Å²) < 4.78 is 18.2. The first-order valence-corrected chi connectivity index (χ1v) is 7.67. The monoisotopic (exact) mass is 278 g/mol. The zero-order valence-electron chi connectivity index (χ0n) is 12.3. The summed E-state index contributed by atoms with van der Waals surface area (Å²) in [6, 6.07) is 0. The van der Waals surface area contributed by atoms with E-state index in [0.29, 0.717) is 6.42 Å². The normalized spacial score (nSPS) is 49.4. The molecule has 0 radical (unpaired) electrons. The number of allylic oxidation sites excluding steroid dienone is 1. The number of Topliss-reactive ketones (excluding diaryl/α,β-unsaturated/α-hetero) is 1. The molecule has 4 nitrogen and oxygen atoms in total. The van der Waals surface area contributed by atoms with Crippen LogP contribution in [0.25, 0.3) is 0 Å². The van der Waals surface area contributed by atoms with E-state index in [2.05, 4.69) is 13.0 Å². The molecule has 4 rings (SSSR count). The van der Waals surface area contributed by atoms with Crippen LogP contribution in [-0.2, 0) is 19.0 Å². The van der Waals surface area contributed by atoms with Crippen molar-refractivity contribution in [3.63, 3.8) is 0 Å². The molecular weight excluding hydrogens is 256 g/mol. The van der Waals surface area contributed by atoms with Crippen molar-refractivity contribution in [1.82, 2.24) is 0 Å². The quantitative estimate of drug-likeness (QED) is 0.639. The number of carbonyl (C=O) groups is 1. The molecule has 0 amide bonds. The lowest BCUT2D eigenvalue weighted by atomic mass is 9.61. The van der Waals surface area contributed by atoms with Gasteiger partial charge < -0.3 is 14.2 Å². The largest absolute Gasteiger partial charge is 0.341 e. The highest BCUT2D eigenvalue weighted by Gasteiger charge is 2.68. The summed E-state index contributed by atoms with van der Waals surface area (Å²) in [4.78, 5) is 12.7. The summed E-state index contributed by atoms with van der Waals surface area (Å²) in [5.74, 6) is -0.0369. The van der Waals surface area contributed by atoms with Crippen LogP contribution in [0.4, 0.5) is 0 Å². The fourth-order valence-electron chi connectivity index (χ4n) is 4.66. The Hall–Kier alpha value is -0.710. The van der Waals surface area contributed by atoms with Crippen molar-refractivity contribution in [3.05, 3.63) is 11.6 Å². The first-order chi connectivity index (χ1) is 9.44. The Balaban J connectivity index is 1.76. The number of rotatable bonds is 0. The first kappa shape index (κ1) is 13.0. The Bertz CT molecular complexity index is 495. The lowest BCUT2D eigenvalue weighted by Gasteiger charge is -2.47. The summed E-state index contributed by atoms with van der Waals surface area (Å²) in [7, 11) is 0. The Kier molecular flexibility index (Phi) is 2.55. The Morgan fingerprint density at radius 2 is 2.05 bits per heavy atom. The van der Waals surface area contributed by atoms with Crippen LogP contribution in [0, 0.1) is 11.8 Å². The van der Waals surface area contributed by atoms with E-state index in [4.69, 9.17) is 14.2 Å². The number of hydrogen-bond donors (Lipinski definition) is 0. The summed E-state index contributed by atoms with van der Waals surface area (Å²) >= 11 is 0. The molecule has 0 N–H and O–H groups in total. The van der Waals surface area contributed by atoms with E-state index in [9.17, 15) is 4.79 Å². The van der Waals surface area contributed by atoms with E-state index >= 15 is 0 Å². The van der Waals surface area contributed by atoms with Gasteiger partial charge in [0, 0.05) is 18.3 Å². The molecule has 0 aromatic heterocycles. The van der Waals surface area contributed by atoms with Crippen LogP contribution in [0.15, 0.2) is 11.6 Å². The number of ketones is 1. The van der Waals surface area contributed by atoms with Crippen LogP contribution < -0.4 is 0 Å². The average Bonchev–Trinajstić information content (AvgIpc) is 2.81. The van der Waals surface area contributed by atoms with Crippen molar-refractivity contribution in [2.24, 2.45) is 11.8 Å². The maximum atomic E-state index is 12.7. The van der Waals surface area contributed by atoms with Gasteiger partial charge in [0.2, 0.25) is 0 Å². The lowest BCUT2D eigenvalue weighted by Crippen LogP contribution is -2.56. The van der Waals surface area contributed by atoms with Crippen LogP contribution in [0.2, 0.25) is 0 Å². The second kappa shape index (κ2) is 3.93. The Morgan fingerprint density at radius 3 is 2.85 bits per heavy atom. The lowest BCUT2D eigenvalue weighted by molar-refractivity contribution is -0.241. The predicted octanol–water partition coefficient (Wildman–Crippen LogP) is 2.57. The van der Waals surface area contributed by atoms with Gasteiger partial charge in [0.15, 0.2) is 17.9 Å². The molecule has 4 heteroatoms. The smallest absolute Gasteiger partial charge is 0.188 e. The highest BCUT2D eigenvalue weighted by atomic mass is 16.8. The summed E-state index contributed by atoms with van der Waals surface area (Å²) in [6.07, 6.45) is 5.25. The van der Waals surface area contributed by atoms with Gasteiger partial charge in [-0.1, -0.05) is 11.6 Å². The van der Waals surface area contributed by atoms with Gasteiger partial charge in [0.05, 0.1) is 0 Å². The van der Waals surface area contributed by atoms with Crippen LogP contribution in [0.5, 0.6) is 0 Å². The third kappa shape index (κ3) is 1.50. The molecule has 0 bridgehead atoms. The average molecular weight is 278 g/mol. The van der Waals surface area contributed by atoms with Gasteiger partial charge in [-0.2, -0.15) is 0 Å². The molecule has 110 valence electrons. The molecule has 3 fully saturated rings. The standard InChI is InChI=1S/C16H22O4/c1-9-7-8-11-13-14(19-15(2,3)18-13)20-16(11)10(9)5-4-6-12(16)17/h7,10-11,13-14H,4-6,8H2,1-3H3/t10-,11-,13-,14+,16+/m1/s1. The van der Waals surface area contributed by atoms with Crippen molar-refractivity contribution in [2.75, 3.05) is 0 Å². The Labute approximate surface area is 119 Å². The molecule has 2 aliphatic heterocycles. The molecule has 0 aromatic carbocycles.